The maximum atomic E-state index is 11.9. The van der Waals surface area contributed by atoms with Crippen LogP contribution in [-0.4, -0.2) is 26.5 Å². The van der Waals surface area contributed by atoms with Gasteiger partial charge in [-0.25, -0.2) is 8.42 Å². The lowest BCUT2D eigenvalue weighted by molar-refractivity contribution is -0.119. The van der Waals surface area contributed by atoms with E-state index in [1.807, 2.05) is 12.1 Å². The van der Waals surface area contributed by atoms with Crippen LogP contribution in [0, 0.1) is 0 Å². The van der Waals surface area contributed by atoms with E-state index in [1.54, 1.807) is 30.3 Å². The quantitative estimate of drug-likeness (QED) is 0.835. The number of amides is 2. The van der Waals surface area contributed by atoms with Gasteiger partial charge >= 0.3 is 0 Å². The Labute approximate surface area is 133 Å². The highest BCUT2D eigenvalue weighted by molar-refractivity contribution is 7.92. The van der Waals surface area contributed by atoms with Crippen molar-refractivity contribution >= 4 is 27.5 Å². The summed E-state index contributed by atoms with van der Waals surface area (Å²) in [5.41, 5.74) is 3.13. The number of fused-ring (bicyclic) bond motifs is 1. The molecule has 2 aromatic rings. The SMILES string of the molecule is CS(=O)(=O)Nc1cccc(-c2ccc3c(c2)C(=O)NC(=O)C3)c1. The van der Waals surface area contributed by atoms with E-state index in [0.29, 0.717) is 16.8 Å². The average Bonchev–Trinajstić information content (AvgIpc) is 2.45. The highest BCUT2D eigenvalue weighted by Crippen LogP contribution is 2.26. The molecule has 2 amide bonds. The fourth-order valence-corrected chi connectivity index (χ4v) is 3.06. The summed E-state index contributed by atoms with van der Waals surface area (Å²) in [5, 5.41) is 2.29. The van der Waals surface area contributed by atoms with E-state index in [-0.39, 0.29) is 12.3 Å². The summed E-state index contributed by atoms with van der Waals surface area (Å²) in [6.45, 7) is 0. The van der Waals surface area contributed by atoms with Crippen LogP contribution in [0.5, 0.6) is 0 Å². The predicted molar refractivity (Wildman–Crippen MR) is 86.5 cm³/mol. The van der Waals surface area contributed by atoms with Gasteiger partial charge < -0.3 is 0 Å². The van der Waals surface area contributed by atoms with Crippen LogP contribution in [0.25, 0.3) is 11.1 Å². The van der Waals surface area contributed by atoms with Gasteiger partial charge in [-0.15, -0.1) is 0 Å². The zero-order valence-corrected chi connectivity index (χ0v) is 13.1. The summed E-state index contributed by atoms with van der Waals surface area (Å²) in [5.74, 6) is -0.724. The molecular formula is C16H14N2O4S. The minimum absolute atomic E-state index is 0.178. The van der Waals surface area contributed by atoms with Crippen LogP contribution in [-0.2, 0) is 21.2 Å². The molecule has 3 rings (SSSR count). The van der Waals surface area contributed by atoms with Crippen molar-refractivity contribution in [2.24, 2.45) is 0 Å². The number of sulfonamides is 1. The molecule has 0 aromatic heterocycles. The zero-order chi connectivity index (χ0) is 16.6. The summed E-state index contributed by atoms with van der Waals surface area (Å²) in [6.07, 6.45) is 1.26. The first-order valence-electron chi connectivity index (χ1n) is 6.87. The van der Waals surface area contributed by atoms with Crippen molar-refractivity contribution in [3.8, 4) is 11.1 Å². The normalized spacial score (nSPS) is 14.1. The third-order valence-electron chi connectivity index (χ3n) is 3.46. The molecule has 23 heavy (non-hydrogen) atoms. The van der Waals surface area contributed by atoms with E-state index in [4.69, 9.17) is 0 Å². The second-order valence-corrected chi connectivity index (χ2v) is 7.13. The van der Waals surface area contributed by atoms with E-state index >= 15 is 0 Å². The molecule has 1 heterocycles. The highest BCUT2D eigenvalue weighted by Gasteiger charge is 2.22. The molecule has 1 aliphatic rings. The number of nitrogens with one attached hydrogen (secondary N) is 2. The Hall–Kier alpha value is -2.67. The molecule has 2 aromatic carbocycles. The van der Waals surface area contributed by atoms with Gasteiger partial charge in [0.2, 0.25) is 15.9 Å². The number of carbonyl (C=O) groups is 2. The molecular weight excluding hydrogens is 316 g/mol. The first-order valence-corrected chi connectivity index (χ1v) is 8.76. The summed E-state index contributed by atoms with van der Waals surface area (Å²) in [4.78, 5) is 23.3. The zero-order valence-electron chi connectivity index (χ0n) is 12.3. The van der Waals surface area contributed by atoms with Gasteiger partial charge in [-0.2, -0.15) is 0 Å². The first-order chi connectivity index (χ1) is 10.8. The fourth-order valence-electron chi connectivity index (χ4n) is 2.51. The van der Waals surface area contributed by atoms with Gasteiger partial charge in [-0.05, 0) is 34.9 Å². The van der Waals surface area contributed by atoms with Crippen LogP contribution in [0.2, 0.25) is 0 Å². The van der Waals surface area contributed by atoms with Crippen LogP contribution >= 0.6 is 0 Å². The minimum Gasteiger partial charge on any atom is -0.292 e. The summed E-state index contributed by atoms with van der Waals surface area (Å²) in [7, 11) is -3.36. The third-order valence-corrected chi connectivity index (χ3v) is 4.06. The summed E-state index contributed by atoms with van der Waals surface area (Å²) in [6, 6.07) is 12.1. The maximum Gasteiger partial charge on any atom is 0.258 e. The van der Waals surface area contributed by atoms with Crippen LogP contribution in [0.4, 0.5) is 5.69 Å². The van der Waals surface area contributed by atoms with Crippen LogP contribution in [0.15, 0.2) is 42.5 Å². The lowest BCUT2D eigenvalue weighted by atomic mass is 9.94. The summed E-state index contributed by atoms with van der Waals surface area (Å²) >= 11 is 0. The molecule has 6 nitrogen and oxygen atoms in total. The highest BCUT2D eigenvalue weighted by atomic mass is 32.2. The number of benzene rings is 2. The van der Waals surface area contributed by atoms with Gasteiger partial charge in [-0.3, -0.25) is 19.6 Å². The van der Waals surface area contributed by atoms with Gasteiger partial charge in [0.25, 0.3) is 5.91 Å². The Balaban J connectivity index is 2.00. The molecule has 0 saturated heterocycles. The number of imide groups is 1. The van der Waals surface area contributed by atoms with E-state index in [0.717, 1.165) is 17.4 Å². The van der Waals surface area contributed by atoms with Crippen LogP contribution < -0.4 is 10.0 Å². The lowest BCUT2D eigenvalue weighted by Gasteiger charge is -2.16. The van der Waals surface area contributed by atoms with E-state index in [1.165, 1.54) is 0 Å². The number of rotatable bonds is 3. The van der Waals surface area contributed by atoms with Gasteiger partial charge in [-0.1, -0.05) is 24.3 Å². The number of hydrogen-bond donors (Lipinski definition) is 2. The smallest absolute Gasteiger partial charge is 0.258 e. The molecule has 0 radical (unpaired) electrons. The molecule has 0 saturated carbocycles. The number of hydrogen-bond acceptors (Lipinski definition) is 4. The lowest BCUT2D eigenvalue weighted by Crippen LogP contribution is -2.37. The van der Waals surface area contributed by atoms with Gasteiger partial charge in [0.05, 0.1) is 12.7 Å². The molecule has 7 heteroatoms. The second kappa shape index (κ2) is 5.51. The largest absolute Gasteiger partial charge is 0.292 e. The molecule has 1 aliphatic heterocycles. The summed E-state index contributed by atoms with van der Waals surface area (Å²) < 4.78 is 25.1. The monoisotopic (exact) mass is 330 g/mol. The topological polar surface area (TPSA) is 92.3 Å². The maximum absolute atomic E-state index is 11.9. The molecule has 0 atom stereocenters. The fraction of sp³-hybridized carbons (Fsp3) is 0.125. The molecule has 0 fully saturated rings. The number of anilines is 1. The molecule has 2 N–H and O–H groups in total. The van der Waals surface area contributed by atoms with E-state index < -0.39 is 15.9 Å². The Kier molecular flexibility index (Phi) is 3.65. The Morgan fingerprint density at radius 2 is 1.78 bits per heavy atom. The molecule has 0 unspecified atom stereocenters. The van der Waals surface area contributed by atoms with Crippen molar-refractivity contribution in [1.29, 1.82) is 0 Å². The first kappa shape index (κ1) is 15.2. The molecule has 0 bridgehead atoms. The predicted octanol–water partition coefficient (Wildman–Crippen LogP) is 1.54. The van der Waals surface area contributed by atoms with Gasteiger partial charge in [0.1, 0.15) is 0 Å². The average molecular weight is 330 g/mol. The van der Waals surface area contributed by atoms with Crippen molar-refractivity contribution in [3.05, 3.63) is 53.6 Å². The van der Waals surface area contributed by atoms with Gasteiger partial charge in [0.15, 0.2) is 0 Å². The van der Waals surface area contributed by atoms with E-state index in [2.05, 4.69) is 10.0 Å². The van der Waals surface area contributed by atoms with Crippen molar-refractivity contribution < 1.29 is 18.0 Å². The third kappa shape index (κ3) is 3.40. The van der Waals surface area contributed by atoms with Gasteiger partial charge in [0, 0.05) is 11.3 Å². The standard InChI is InChI=1S/C16H14N2O4S/c1-23(21,22)18-13-4-2-3-10(7-13)11-5-6-12-9-15(19)17-16(20)14(12)8-11/h2-8,18H,9H2,1H3,(H,17,19,20). The van der Waals surface area contributed by atoms with Crippen molar-refractivity contribution in [3.63, 3.8) is 0 Å². The number of carbonyl (C=O) groups excluding carboxylic acids is 2. The van der Waals surface area contributed by atoms with Crippen LogP contribution in [0.1, 0.15) is 15.9 Å². The molecule has 0 aliphatic carbocycles. The van der Waals surface area contributed by atoms with E-state index in [9.17, 15) is 18.0 Å². The molecule has 0 spiro atoms. The van der Waals surface area contributed by atoms with Crippen molar-refractivity contribution in [2.45, 2.75) is 6.42 Å². The second-order valence-electron chi connectivity index (χ2n) is 5.38. The Morgan fingerprint density at radius 3 is 2.52 bits per heavy atom. The van der Waals surface area contributed by atoms with Crippen molar-refractivity contribution in [1.82, 2.24) is 5.32 Å². The van der Waals surface area contributed by atoms with Crippen molar-refractivity contribution in [2.75, 3.05) is 11.0 Å². The molecule has 118 valence electrons. The minimum atomic E-state index is -3.36. The Morgan fingerprint density at radius 1 is 1.04 bits per heavy atom. The van der Waals surface area contributed by atoms with Crippen LogP contribution in [0.3, 0.4) is 0 Å². The Bertz CT molecular complexity index is 919.